The monoisotopic (exact) mass is 312 g/mol. The minimum absolute atomic E-state index is 0.0828. The Morgan fingerprint density at radius 2 is 1.96 bits per heavy atom. The number of nitrogens with two attached hydrogens (primary N) is 1. The number of benzene rings is 1. The number of carbonyl (C=O) groups is 1. The molecule has 0 bridgehead atoms. The first-order valence-corrected chi connectivity index (χ1v) is 8.38. The van der Waals surface area contributed by atoms with Gasteiger partial charge in [0.25, 0.3) is 0 Å². The van der Waals surface area contributed by atoms with E-state index in [0.29, 0.717) is 18.7 Å². The third-order valence-corrected chi connectivity index (χ3v) is 4.34. The van der Waals surface area contributed by atoms with Gasteiger partial charge in [-0.25, -0.2) is 4.68 Å². The summed E-state index contributed by atoms with van der Waals surface area (Å²) in [6.45, 7) is 3.73. The summed E-state index contributed by atoms with van der Waals surface area (Å²) < 4.78 is 1.82. The topological polar surface area (TPSA) is 64.2 Å². The average molecular weight is 312 g/mol. The third kappa shape index (κ3) is 3.38. The first kappa shape index (κ1) is 15.6. The van der Waals surface area contributed by atoms with Crippen molar-refractivity contribution < 1.29 is 4.79 Å². The Morgan fingerprint density at radius 3 is 2.70 bits per heavy atom. The van der Waals surface area contributed by atoms with E-state index in [1.165, 1.54) is 18.4 Å². The van der Waals surface area contributed by atoms with Crippen LogP contribution in [0.15, 0.2) is 30.5 Å². The van der Waals surface area contributed by atoms with Gasteiger partial charge in [-0.15, -0.1) is 0 Å². The molecule has 1 aliphatic heterocycles. The van der Waals surface area contributed by atoms with Crippen molar-refractivity contribution >= 4 is 17.4 Å². The van der Waals surface area contributed by atoms with Crippen LogP contribution in [0.25, 0.3) is 0 Å². The van der Waals surface area contributed by atoms with E-state index in [-0.39, 0.29) is 5.91 Å². The van der Waals surface area contributed by atoms with Crippen LogP contribution in [0.1, 0.15) is 37.3 Å². The molecular formula is C18H24N4O. The van der Waals surface area contributed by atoms with E-state index in [1.807, 2.05) is 4.68 Å². The van der Waals surface area contributed by atoms with E-state index in [0.717, 1.165) is 30.8 Å². The highest BCUT2D eigenvalue weighted by Crippen LogP contribution is 2.27. The molecule has 1 aliphatic rings. The fraction of sp³-hybridized carbons (Fsp3) is 0.444. The highest BCUT2D eigenvalue weighted by atomic mass is 16.2. The van der Waals surface area contributed by atoms with E-state index in [4.69, 9.17) is 5.73 Å². The molecule has 2 heterocycles. The molecule has 1 aromatic carbocycles. The second-order valence-electron chi connectivity index (χ2n) is 6.14. The maximum Gasteiger partial charge on any atom is 0.232 e. The third-order valence-electron chi connectivity index (χ3n) is 4.34. The van der Waals surface area contributed by atoms with Crippen molar-refractivity contribution in [1.29, 1.82) is 0 Å². The van der Waals surface area contributed by atoms with Crippen LogP contribution >= 0.6 is 0 Å². The van der Waals surface area contributed by atoms with Crippen molar-refractivity contribution in [2.75, 3.05) is 17.2 Å². The first-order valence-electron chi connectivity index (χ1n) is 8.38. The molecule has 2 aromatic rings. The van der Waals surface area contributed by atoms with Crippen LogP contribution < -0.4 is 10.6 Å². The number of carbonyl (C=O) groups excluding carboxylic acids is 1. The van der Waals surface area contributed by atoms with E-state index >= 15 is 0 Å². The quantitative estimate of drug-likeness (QED) is 0.923. The van der Waals surface area contributed by atoms with Gasteiger partial charge in [0.05, 0.1) is 18.3 Å². The Balaban J connectivity index is 1.69. The van der Waals surface area contributed by atoms with Gasteiger partial charge in [0.2, 0.25) is 5.91 Å². The molecule has 0 fully saturated rings. The summed E-state index contributed by atoms with van der Waals surface area (Å²) in [5, 5.41) is 4.23. The number of amides is 1. The summed E-state index contributed by atoms with van der Waals surface area (Å²) in [6, 6.07) is 8.39. The maximum absolute atomic E-state index is 12.7. The summed E-state index contributed by atoms with van der Waals surface area (Å²) in [7, 11) is 0. The SMILES string of the molecule is CCCCc1ccc(CC(=O)N2CCCn3ncc(N)c32)cc1. The summed E-state index contributed by atoms with van der Waals surface area (Å²) in [6.07, 6.45) is 6.45. The van der Waals surface area contributed by atoms with Gasteiger partial charge in [-0.2, -0.15) is 5.10 Å². The highest BCUT2D eigenvalue weighted by molar-refractivity contribution is 5.96. The second kappa shape index (κ2) is 6.86. The lowest BCUT2D eigenvalue weighted by Gasteiger charge is -2.28. The molecule has 0 saturated heterocycles. The molecule has 2 N–H and O–H groups in total. The van der Waals surface area contributed by atoms with Crippen molar-refractivity contribution in [1.82, 2.24) is 9.78 Å². The van der Waals surface area contributed by atoms with Gasteiger partial charge in [0.15, 0.2) is 5.82 Å². The van der Waals surface area contributed by atoms with Crippen LogP contribution in [0.3, 0.4) is 0 Å². The molecule has 3 rings (SSSR count). The molecule has 0 aliphatic carbocycles. The number of hydrogen-bond acceptors (Lipinski definition) is 3. The molecular weight excluding hydrogens is 288 g/mol. The van der Waals surface area contributed by atoms with Gasteiger partial charge in [-0.3, -0.25) is 9.69 Å². The highest BCUT2D eigenvalue weighted by Gasteiger charge is 2.25. The van der Waals surface area contributed by atoms with Gasteiger partial charge in [0.1, 0.15) is 0 Å². The lowest BCUT2D eigenvalue weighted by atomic mass is 10.0. The van der Waals surface area contributed by atoms with Crippen molar-refractivity contribution in [2.24, 2.45) is 0 Å². The second-order valence-corrected chi connectivity index (χ2v) is 6.14. The van der Waals surface area contributed by atoms with E-state index in [1.54, 1.807) is 11.1 Å². The molecule has 23 heavy (non-hydrogen) atoms. The van der Waals surface area contributed by atoms with Crippen molar-refractivity contribution in [2.45, 2.75) is 45.6 Å². The van der Waals surface area contributed by atoms with Gasteiger partial charge in [-0.1, -0.05) is 37.6 Å². The predicted molar refractivity (Wildman–Crippen MR) is 92.4 cm³/mol. The fourth-order valence-corrected chi connectivity index (χ4v) is 3.05. The number of rotatable bonds is 5. The fourth-order valence-electron chi connectivity index (χ4n) is 3.05. The zero-order valence-electron chi connectivity index (χ0n) is 13.7. The molecule has 5 heteroatoms. The van der Waals surface area contributed by atoms with Crippen LogP contribution in [0.2, 0.25) is 0 Å². The van der Waals surface area contributed by atoms with Crippen LogP contribution in [0.4, 0.5) is 11.5 Å². The standard InChI is InChI=1S/C18H24N4O/c1-2-3-5-14-6-8-15(9-7-14)12-17(23)21-10-4-11-22-18(21)16(19)13-20-22/h6-9,13H,2-5,10-12,19H2,1H3. The lowest BCUT2D eigenvalue weighted by Crippen LogP contribution is -2.38. The Bertz CT molecular complexity index is 675. The molecule has 0 unspecified atom stereocenters. The molecule has 5 nitrogen and oxygen atoms in total. The zero-order valence-corrected chi connectivity index (χ0v) is 13.7. The van der Waals surface area contributed by atoms with Gasteiger partial charge in [-0.05, 0) is 30.4 Å². The normalized spacial score (nSPS) is 13.9. The van der Waals surface area contributed by atoms with E-state index in [2.05, 4.69) is 36.3 Å². The minimum atomic E-state index is 0.0828. The number of aromatic nitrogens is 2. The van der Waals surface area contributed by atoms with Gasteiger partial charge >= 0.3 is 0 Å². The predicted octanol–water partition coefficient (Wildman–Crippen LogP) is 2.79. The summed E-state index contributed by atoms with van der Waals surface area (Å²) in [4.78, 5) is 14.4. The summed E-state index contributed by atoms with van der Waals surface area (Å²) >= 11 is 0. The van der Waals surface area contributed by atoms with Crippen LogP contribution in [-0.4, -0.2) is 22.2 Å². The van der Waals surface area contributed by atoms with Crippen molar-refractivity contribution in [3.05, 3.63) is 41.6 Å². The van der Waals surface area contributed by atoms with Crippen LogP contribution in [0, 0.1) is 0 Å². The number of unbranched alkanes of at least 4 members (excludes halogenated alkanes) is 1. The molecule has 1 aromatic heterocycles. The molecule has 0 saturated carbocycles. The van der Waals surface area contributed by atoms with E-state index < -0.39 is 0 Å². The van der Waals surface area contributed by atoms with Crippen LogP contribution in [-0.2, 0) is 24.2 Å². The van der Waals surface area contributed by atoms with Gasteiger partial charge < -0.3 is 5.73 Å². The van der Waals surface area contributed by atoms with E-state index in [9.17, 15) is 4.79 Å². The Kier molecular flexibility index (Phi) is 4.65. The summed E-state index contributed by atoms with van der Waals surface area (Å²) in [5.41, 5.74) is 8.93. The first-order chi connectivity index (χ1) is 11.2. The minimum Gasteiger partial charge on any atom is -0.394 e. The van der Waals surface area contributed by atoms with Gasteiger partial charge in [0, 0.05) is 13.1 Å². The Morgan fingerprint density at radius 1 is 1.22 bits per heavy atom. The molecule has 0 radical (unpaired) electrons. The molecule has 1 amide bonds. The maximum atomic E-state index is 12.7. The number of hydrogen-bond donors (Lipinski definition) is 1. The Hall–Kier alpha value is -2.30. The van der Waals surface area contributed by atoms with Crippen molar-refractivity contribution in [3.63, 3.8) is 0 Å². The lowest BCUT2D eigenvalue weighted by molar-refractivity contribution is -0.118. The number of nitrogens with zero attached hydrogens (tertiary/aromatic N) is 3. The molecule has 0 spiro atoms. The summed E-state index contributed by atoms with van der Waals surface area (Å²) in [5.74, 6) is 0.834. The number of anilines is 2. The number of nitrogen functional groups attached to an aromatic ring is 1. The smallest absolute Gasteiger partial charge is 0.232 e. The van der Waals surface area contributed by atoms with Crippen LogP contribution in [0.5, 0.6) is 0 Å². The largest absolute Gasteiger partial charge is 0.394 e. The molecule has 122 valence electrons. The number of aryl methyl sites for hydroxylation is 2. The zero-order chi connectivity index (χ0) is 16.2. The van der Waals surface area contributed by atoms with Crippen molar-refractivity contribution in [3.8, 4) is 0 Å². The Labute approximate surface area is 137 Å². The number of fused-ring (bicyclic) bond motifs is 1. The molecule has 0 atom stereocenters. The average Bonchev–Trinajstić information content (AvgIpc) is 2.96.